The number of carbonyl (C=O) groups excluding carboxylic acids is 4. The Hall–Kier alpha value is -2.30. The zero-order chi connectivity index (χ0) is 14.9. The molecule has 1 aromatic rings. The molecule has 104 valence electrons. The zero-order valence-corrected chi connectivity index (χ0v) is 11.4. The average Bonchev–Trinajstić information content (AvgIpc) is 2.65. The SMILES string of the molecule is CC(=O)C(CCC=O)N1C(=O)c2cccc(C)c2C1=O. The van der Waals surface area contributed by atoms with Crippen LogP contribution in [0.2, 0.25) is 0 Å². The number of ketones is 1. The van der Waals surface area contributed by atoms with Crippen molar-refractivity contribution in [2.24, 2.45) is 0 Å². The molecular formula is C15H15NO4. The molecule has 0 aliphatic carbocycles. The van der Waals surface area contributed by atoms with Crippen LogP contribution in [0.3, 0.4) is 0 Å². The number of carbonyl (C=O) groups is 4. The van der Waals surface area contributed by atoms with Gasteiger partial charge in [-0.3, -0.25) is 19.3 Å². The molecule has 1 unspecified atom stereocenters. The van der Waals surface area contributed by atoms with Crippen molar-refractivity contribution in [3.05, 3.63) is 34.9 Å². The van der Waals surface area contributed by atoms with E-state index < -0.39 is 17.9 Å². The number of imide groups is 1. The fourth-order valence-corrected chi connectivity index (χ4v) is 2.50. The minimum atomic E-state index is -0.869. The maximum absolute atomic E-state index is 12.4. The van der Waals surface area contributed by atoms with Gasteiger partial charge in [-0.1, -0.05) is 12.1 Å². The Morgan fingerprint density at radius 3 is 2.55 bits per heavy atom. The molecule has 0 fully saturated rings. The van der Waals surface area contributed by atoms with Gasteiger partial charge in [0.15, 0.2) is 5.78 Å². The maximum atomic E-state index is 12.4. The van der Waals surface area contributed by atoms with Crippen LogP contribution in [0.4, 0.5) is 0 Å². The standard InChI is InChI=1S/C15H15NO4/c1-9-5-3-6-11-13(9)15(20)16(14(11)19)12(10(2)18)7-4-8-17/h3,5-6,8,12H,4,7H2,1-2H3. The van der Waals surface area contributed by atoms with Gasteiger partial charge < -0.3 is 4.79 Å². The molecule has 1 aliphatic rings. The first-order valence-electron chi connectivity index (χ1n) is 6.40. The summed E-state index contributed by atoms with van der Waals surface area (Å²) in [6.07, 6.45) is 0.985. The molecule has 1 atom stereocenters. The lowest BCUT2D eigenvalue weighted by atomic mass is 10.0. The number of hydrogen-bond donors (Lipinski definition) is 0. The van der Waals surface area contributed by atoms with E-state index in [4.69, 9.17) is 0 Å². The highest BCUT2D eigenvalue weighted by Crippen LogP contribution is 2.28. The van der Waals surface area contributed by atoms with Crippen LogP contribution in [-0.4, -0.2) is 34.8 Å². The Morgan fingerprint density at radius 2 is 2.00 bits per heavy atom. The van der Waals surface area contributed by atoms with Gasteiger partial charge in [-0.2, -0.15) is 0 Å². The third-order valence-corrected chi connectivity index (χ3v) is 3.49. The van der Waals surface area contributed by atoms with E-state index in [1.54, 1.807) is 25.1 Å². The molecule has 0 N–H and O–H groups in total. The van der Waals surface area contributed by atoms with E-state index >= 15 is 0 Å². The van der Waals surface area contributed by atoms with Crippen LogP contribution in [0.25, 0.3) is 0 Å². The summed E-state index contributed by atoms with van der Waals surface area (Å²) < 4.78 is 0. The van der Waals surface area contributed by atoms with Gasteiger partial charge in [0.05, 0.1) is 17.2 Å². The molecule has 2 amide bonds. The molecule has 0 spiro atoms. The molecule has 20 heavy (non-hydrogen) atoms. The van der Waals surface area contributed by atoms with Gasteiger partial charge in [-0.15, -0.1) is 0 Å². The first-order valence-corrected chi connectivity index (χ1v) is 6.40. The minimum Gasteiger partial charge on any atom is -0.303 e. The predicted molar refractivity (Wildman–Crippen MR) is 71.4 cm³/mol. The van der Waals surface area contributed by atoms with Crippen LogP contribution in [0.1, 0.15) is 46.0 Å². The molecule has 1 aliphatic heterocycles. The smallest absolute Gasteiger partial charge is 0.262 e. The van der Waals surface area contributed by atoms with E-state index in [1.165, 1.54) is 6.92 Å². The molecule has 2 rings (SSSR count). The van der Waals surface area contributed by atoms with Crippen LogP contribution in [-0.2, 0) is 9.59 Å². The highest BCUT2D eigenvalue weighted by atomic mass is 16.2. The Bertz CT molecular complexity index is 606. The predicted octanol–water partition coefficient (Wildman–Crippen LogP) is 1.53. The number of amides is 2. The second kappa shape index (κ2) is 5.36. The quantitative estimate of drug-likeness (QED) is 0.602. The van der Waals surface area contributed by atoms with Gasteiger partial charge in [-0.25, -0.2) is 0 Å². The summed E-state index contributed by atoms with van der Waals surface area (Å²) >= 11 is 0. The Labute approximate surface area is 116 Å². The fourth-order valence-electron chi connectivity index (χ4n) is 2.50. The number of aldehydes is 1. The Morgan fingerprint density at radius 1 is 1.30 bits per heavy atom. The Balaban J connectivity index is 2.42. The first-order chi connectivity index (χ1) is 9.49. The number of rotatable bonds is 5. The van der Waals surface area contributed by atoms with Crippen LogP contribution >= 0.6 is 0 Å². The number of hydrogen-bond acceptors (Lipinski definition) is 4. The Kier molecular flexibility index (Phi) is 3.79. The van der Waals surface area contributed by atoms with Gasteiger partial charge in [-0.05, 0) is 31.9 Å². The van der Waals surface area contributed by atoms with Crippen LogP contribution in [0.5, 0.6) is 0 Å². The fraction of sp³-hybridized carbons (Fsp3) is 0.333. The number of Topliss-reactive ketones (excluding diaryl/α,β-unsaturated/α-hetero) is 1. The second-order valence-electron chi connectivity index (χ2n) is 4.85. The summed E-state index contributed by atoms with van der Waals surface area (Å²) in [6, 6.07) is 4.17. The van der Waals surface area contributed by atoms with Crippen molar-refractivity contribution in [2.45, 2.75) is 32.7 Å². The third-order valence-electron chi connectivity index (χ3n) is 3.49. The normalized spacial score (nSPS) is 15.2. The van der Waals surface area contributed by atoms with Gasteiger partial charge >= 0.3 is 0 Å². The van der Waals surface area contributed by atoms with Crippen molar-refractivity contribution in [2.75, 3.05) is 0 Å². The third kappa shape index (κ3) is 2.15. The van der Waals surface area contributed by atoms with E-state index in [0.717, 1.165) is 4.90 Å². The van der Waals surface area contributed by atoms with Gasteiger partial charge in [0.1, 0.15) is 6.29 Å². The lowest BCUT2D eigenvalue weighted by molar-refractivity contribution is -0.121. The van der Waals surface area contributed by atoms with Gasteiger partial charge in [0.2, 0.25) is 0 Å². The topological polar surface area (TPSA) is 71.5 Å². The molecule has 0 saturated carbocycles. The van der Waals surface area contributed by atoms with Crippen molar-refractivity contribution in [3.8, 4) is 0 Å². The van der Waals surface area contributed by atoms with Gasteiger partial charge in [0.25, 0.3) is 11.8 Å². The number of nitrogens with zero attached hydrogens (tertiary/aromatic N) is 1. The highest BCUT2D eigenvalue weighted by Gasteiger charge is 2.42. The largest absolute Gasteiger partial charge is 0.303 e. The van der Waals surface area contributed by atoms with E-state index in [0.29, 0.717) is 23.0 Å². The van der Waals surface area contributed by atoms with Crippen LogP contribution < -0.4 is 0 Å². The number of fused-ring (bicyclic) bond motifs is 1. The minimum absolute atomic E-state index is 0.136. The molecule has 0 saturated heterocycles. The summed E-state index contributed by atoms with van der Waals surface area (Å²) in [4.78, 5) is 47.9. The van der Waals surface area contributed by atoms with Crippen molar-refractivity contribution >= 4 is 23.9 Å². The highest BCUT2D eigenvalue weighted by molar-refractivity contribution is 6.23. The lowest BCUT2D eigenvalue weighted by Crippen LogP contribution is -2.44. The molecule has 1 heterocycles. The van der Waals surface area contributed by atoms with Crippen molar-refractivity contribution in [1.29, 1.82) is 0 Å². The van der Waals surface area contributed by atoms with E-state index in [-0.39, 0.29) is 18.6 Å². The molecule has 0 bridgehead atoms. The van der Waals surface area contributed by atoms with E-state index in [1.807, 2.05) is 0 Å². The number of aryl methyl sites for hydroxylation is 1. The second-order valence-corrected chi connectivity index (χ2v) is 4.85. The van der Waals surface area contributed by atoms with Crippen LogP contribution in [0.15, 0.2) is 18.2 Å². The number of benzene rings is 1. The molecule has 0 aromatic heterocycles. The summed E-state index contributed by atoms with van der Waals surface area (Å²) in [5, 5.41) is 0. The summed E-state index contributed by atoms with van der Waals surface area (Å²) in [7, 11) is 0. The van der Waals surface area contributed by atoms with Gasteiger partial charge in [0, 0.05) is 6.42 Å². The van der Waals surface area contributed by atoms with Crippen LogP contribution in [0, 0.1) is 6.92 Å². The molecule has 1 aromatic carbocycles. The molecule has 5 nitrogen and oxygen atoms in total. The van der Waals surface area contributed by atoms with E-state index in [2.05, 4.69) is 0 Å². The monoisotopic (exact) mass is 273 g/mol. The zero-order valence-electron chi connectivity index (χ0n) is 11.4. The molecular weight excluding hydrogens is 258 g/mol. The molecule has 5 heteroatoms. The van der Waals surface area contributed by atoms with Crippen molar-refractivity contribution < 1.29 is 19.2 Å². The lowest BCUT2D eigenvalue weighted by Gasteiger charge is -2.23. The first kappa shape index (κ1) is 14.1. The summed E-state index contributed by atoms with van der Waals surface area (Å²) in [6.45, 7) is 3.08. The average molecular weight is 273 g/mol. The maximum Gasteiger partial charge on any atom is 0.262 e. The molecule has 0 radical (unpaired) electrons. The van der Waals surface area contributed by atoms with Crippen molar-refractivity contribution in [3.63, 3.8) is 0 Å². The van der Waals surface area contributed by atoms with E-state index in [9.17, 15) is 19.2 Å². The summed E-state index contributed by atoms with van der Waals surface area (Å²) in [5.41, 5.74) is 1.39. The summed E-state index contributed by atoms with van der Waals surface area (Å²) in [5.74, 6) is -1.20. The van der Waals surface area contributed by atoms with Crippen molar-refractivity contribution in [1.82, 2.24) is 4.90 Å².